The molecule has 1 aliphatic rings. The van der Waals surface area contributed by atoms with E-state index in [0.29, 0.717) is 0 Å². The molecule has 0 amide bonds. The van der Waals surface area contributed by atoms with Crippen LogP contribution in [-0.2, 0) is 39.1 Å². The van der Waals surface area contributed by atoms with Crippen molar-refractivity contribution in [1.82, 2.24) is 0 Å². The Morgan fingerprint density at radius 2 is 1.47 bits per heavy atom. The molecule has 0 bridgehead atoms. The molecule has 0 N–H and O–H groups in total. The summed E-state index contributed by atoms with van der Waals surface area (Å²) in [6.45, 7) is 8.70. The predicted molar refractivity (Wildman–Crippen MR) is 62.6 cm³/mol. The number of rotatable bonds is 0. The van der Waals surface area contributed by atoms with Gasteiger partial charge in [0.1, 0.15) is 0 Å². The summed E-state index contributed by atoms with van der Waals surface area (Å²) in [6, 6.07) is 0. The van der Waals surface area contributed by atoms with Gasteiger partial charge in [0.2, 0.25) is 0 Å². The van der Waals surface area contributed by atoms with Crippen LogP contribution in [0, 0.1) is 35.1 Å². The van der Waals surface area contributed by atoms with Crippen molar-refractivity contribution in [1.29, 1.82) is 0 Å². The van der Waals surface area contributed by atoms with Crippen molar-refractivity contribution in [3.05, 3.63) is 35.2 Å². The van der Waals surface area contributed by atoms with Crippen LogP contribution in [0.4, 0.5) is 5.69 Å². The van der Waals surface area contributed by atoms with E-state index in [2.05, 4.69) is 38.9 Å². The molecule has 0 radical (unpaired) electrons. The molecule has 0 aliphatic carbocycles. The molecule has 1 aromatic rings. The fourth-order valence-electron chi connectivity index (χ4n) is 1.94. The Morgan fingerprint density at radius 3 is 2.07 bits per heavy atom. The van der Waals surface area contributed by atoms with Gasteiger partial charge in [0.25, 0.3) is 0 Å². The third-order valence-electron chi connectivity index (χ3n) is 3.23. The number of aliphatic imine (C=N–C) groups is 1. The fourth-order valence-corrected chi connectivity index (χ4v) is 1.94. The zero-order valence-corrected chi connectivity index (χ0v) is 13.1. The van der Waals surface area contributed by atoms with E-state index >= 15 is 0 Å². The molecule has 0 spiro atoms. The first-order valence-corrected chi connectivity index (χ1v) is 4.65. The van der Waals surface area contributed by atoms with Crippen molar-refractivity contribution in [2.24, 2.45) is 4.99 Å². The van der Waals surface area contributed by atoms with Gasteiger partial charge < -0.3 is 12.4 Å². The summed E-state index contributed by atoms with van der Waals surface area (Å²) in [5.41, 5.74) is 8.05. The molecule has 76 valence electrons. The summed E-state index contributed by atoms with van der Waals surface area (Å²) >= 11 is 0. The average molecular weight is 276 g/mol. The first-order chi connectivity index (χ1) is 6.13. The zero-order valence-electron chi connectivity index (χ0n) is 10.2. The molecule has 2 heteroatoms. The van der Waals surface area contributed by atoms with Crippen LogP contribution in [-0.4, -0.2) is 6.21 Å². The molecule has 1 aromatic carbocycles. The number of hydrogen-bond acceptors (Lipinski definition) is 1. The van der Waals surface area contributed by atoms with E-state index in [1.807, 2.05) is 0 Å². The molecule has 1 heterocycles. The second-order valence-electron chi connectivity index (χ2n) is 3.77. The largest absolute Gasteiger partial charge is 3.00 e. The van der Waals surface area contributed by atoms with Gasteiger partial charge in [-0.1, -0.05) is 30.2 Å². The van der Waals surface area contributed by atoms with Crippen molar-refractivity contribution < 1.29 is 32.7 Å². The molecule has 15 heavy (non-hydrogen) atoms. The van der Waals surface area contributed by atoms with E-state index in [1.54, 1.807) is 0 Å². The maximum absolute atomic E-state index is 4.31. The summed E-state index contributed by atoms with van der Waals surface area (Å²) in [7, 11) is 0. The number of hydrogen-bond donors (Lipinski definition) is 0. The van der Waals surface area contributed by atoms with Crippen molar-refractivity contribution >= 4 is 11.9 Å². The van der Waals surface area contributed by atoms with Crippen LogP contribution in [0.25, 0.3) is 0 Å². The third kappa shape index (κ3) is 2.24. The maximum Gasteiger partial charge on any atom is 3.00 e. The summed E-state index contributed by atoms with van der Waals surface area (Å²) in [6.07, 6.45) is 3.94. The third-order valence-corrected chi connectivity index (χ3v) is 3.23. The Hall–Kier alpha value is -0.00610. The first-order valence-electron chi connectivity index (χ1n) is 4.65. The van der Waals surface area contributed by atoms with Gasteiger partial charge in [-0.05, 0) is 26.3 Å². The minimum atomic E-state index is 0. The molecule has 0 saturated heterocycles. The molecule has 0 fully saturated rings. The van der Waals surface area contributed by atoms with E-state index in [9.17, 15) is 0 Å². The monoisotopic (exact) mass is 276 g/mol. The van der Waals surface area contributed by atoms with Crippen LogP contribution in [0.5, 0.6) is 0 Å². The van der Waals surface area contributed by atoms with Gasteiger partial charge in [0, 0.05) is 0 Å². The molecular weight excluding hydrogens is 259 g/mol. The molecule has 2 rings (SSSR count). The number of fused-ring (bicyclic) bond motifs is 1. The van der Waals surface area contributed by atoms with Crippen LogP contribution in [0.1, 0.15) is 27.8 Å². The molecule has 0 saturated carbocycles. The Labute approximate surface area is 118 Å². The van der Waals surface area contributed by atoms with Crippen LogP contribution < -0.4 is 0 Å². The van der Waals surface area contributed by atoms with Crippen molar-refractivity contribution in [2.45, 2.75) is 34.1 Å². The summed E-state index contributed by atoms with van der Waals surface area (Å²) < 4.78 is 0. The van der Waals surface area contributed by atoms with Gasteiger partial charge in [-0.2, -0.15) is 6.21 Å². The topological polar surface area (TPSA) is 12.4 Å². The predicted octanol–water partition coefficient (Wildman–Crippen LogP) is 3.50. The first kappa shape index (κ1) is 15.0. The van der Waals surface area contributed by atoms with Crippen LogP contribution in [0.3, 0.4) is 0 Å². The molecule has 1 nitrogen and oxygen atoms in total. The van der Waals surface area contributed by atoms with Gasteiger partial charge in [-0.15, -0.1) is 11.1 Å². The van der Waals surface area contributed by atoms with Crippen molar-refractivity contribution in [3.8, 4) is 0 Å². The summed E-state index contributed by atoms with van der Waals surface area (Å²) in [4.78, 5) is 4.31. The van der Waals surface area contributed by atoms with Gasteiger partial charge in [-0.25, -0.2) is 0 Å². The van der Waals surface area contributed by atoms with E-state index < -0.39 is 0 Å². The fraction of sp³-hybridized carbons (Fsp3) is 0.385. The smallest absolute Gasteiger partial charge is 0.455 e. The Morgan fingerprint density at radius 1 is 0.933 bits per heavy atom. The number of nitrogens with zero attached hydrogens (tertiary/aromatic N) is 1. The average Bonchev–Trinajstić information content (AvgIpc) is 2.59. The molecule has 0 unspecified atom stereocenters. The zero-order chi connectivity index (χ0) is 9.59. The SMILES string of the molecule is Cc1c(C)c(C)c2c(c1C)C[C-]=N2.[CH3-].[Y+3]. The minimum absolute atomic E-state index is 0. The molecule has 1 aliphatic heterocycles. The van der Waals surface area contributed by atoms with E-state index in [1.165, 1.54) is 33.5 Å². The van der Waals surface area contributed by atoms with E-state index in [4.69, 9.17) is 0 Å². The maximum atomic E-state index is 4.31. The van der Waals surface area contributed by atoms with Gasteiger partial charge >= 0.3 is 32.7 Å². The summed E-state index contributed by atoms with van der Waals surface area (Å²) in [5, 5.41) is 0. The second kappa shape index (κ2) is 5.36. The Balaban J connectivity index is 0.000000980. The van der Waals surface area contributed by atoms with Crippen LogP contribution in [0.2, 0.25) is 0 Å². The van der Waals surface area contributed by atoms with E-state index in [-0.39, 0.29) is 40.1 Å². The number of benzene rings is 1. The van der Waals surface area contributed by atoms with Crippen molar-refractivity contribution in [2.75, 3.05) is 0 Å². The molecule has 0 aromatic heterocycles. The van der Waals surface area contributed by atoms with Crippen LogP contribution >= 0.6 is 0 Å². The normalized spacial score (nSPS) is 11.7. The van der Waals surface area contributed by atoms with Crippen molar-refractivity contribution in [3.63, 3.8) is 0 Å². The Bertz CT molecular complexity index is 406. The Kier molecular flexibility index (Phi) is 5.36. The van der Waals surface area contributed by atoms with Gasteiger partial charge in [0.15, 0.2) is 0 Å². The molecule has 0 atom stereocenters. The summed E-state index contributed by atoms with van der Waals surface area (Å²) in [5.74, 6) is 0. The molecular formula is C13H17NY+. The quantitative estimate of drug-likeness (QED) is 0.643. The van der Waals surface area contributed by atoms with Gasteiger partial charge in [0.05, 0.1) is 0 Å². The van der Waals surface area contributed by atoms with E-state index in [0.717, 1.165) is 6.42 Å². The second-order valence-corrected chi connectivity index (χ2v) is 3.77. The standard InChI is InChI=1S/C12H14N.CH3.Y/c1-7-8(2)10(4)12-11(9(7)3)5-6-13-12;;/h5H2,1-4H3;1H3;/q2*-1;+3. The minimum Gasteiger partial charge on any atom is -0.455 e. The van der Waals surface area contributed by atoms with Gasteiger partial charge in [-0.3, -0.25) is 0 Å². The van der Waals surface area contributed by atoms with Crippen LogP contribution in [0.15, 0.2) is 4.99 Å².